The van der Waals surface area contributed by atoms with Crippen LogP contribution in [0.2, 0.25) is 0 Å². The Bertz CT molecular complexity index is 205. The lowest BCUT2D eigenvalue weighted by atomic mass is 10.5. The predicted octanol–water partition coefficient (Wildman–Crippen LogP) is -0.317. The van der Waals surface area contributed by atoms with E-state index in [0.29, 0.717) is 6.61 Å². The molecule has 1 unspecified atom stereocenters. The molecule has 1 heterocycles. The van der Waals surface area contributed by atoms with Crippen LogP contribution in [0.25, 0.3) is 0 Å². The summed E-state index contributed by atoms with van der Waals surface area (Å²) in [7, 11) is -3.47. The van der Waals surface area contributed by atoms with Gasteiger partial charge in [0, 0.05) is 0 Å². The SMILES string of the molecule is CCS(=O)(=O)OOCC1CO1. The van der Waals surface area contributed by atoms with E-state index in [1.165, 1.54) is 6.92 Å². The molecule has 0 aliphatic carbocycles. The molecular formula is C5H10O5S. The highest BCUT2D eigenvalue weighted by Crippen LogP contribution is 2.09. The lowest BCUT2D eigenvalue weighted by molar-refractivity contribution is -0.204. The summed E-state index contributed by atoms with van der Waals surface area (Å²) in [6, 6.07) is 0. The Morgan fingerprint density at radius 2 is 2.27 bits per heavy atom. The maximum absolute atomic E-state index is 10.6. The largest absolute Gasteiger partial charge is 0.370 e. The van der Waals surface area contributed by atoms with E-state index in [0.717, 1.165) is 0 Å². The minimum Gasteiger partial charge on any atom is -0.370 e. The van der Waals surface area contributed by atoms with Crippen molar-refractivity contribution in [2.24, 2.45) is 0 Å². The van der Waals surface area contributed by atoms with E-state index in [-0.39, 0.29) is 18.5 Å². The molecule has 6 heteroatoms. The number of ether oxygens (including phenoxy) is 1. The summed E-state index contributed by atoms with van der Waals surface area (Å²) in [5, 5.41) is 0. The van der Waals surface area contributed by atoms with E-state index < -0.39 is 10.1 Å². The minimum absolute atomic E-state index is 0.0158. The molecule has 11 heavy (non-hydrogen) atoms. The Kier molecular flexibility index (Phi) is 2.83. The molecule has 0 bridgehead atoms. The molecule has 0 aromatic rings. The Hall–Kier alpha value is -0.170. The van der Waals surface area contributed by atoms with Gasteiger partial charge in [-0.2, -0.15) is 8.42 Å². The Balaban J connectivity index is 2.09. The lowest BCUT2D eigenvalue weighted by Gasteiger charge is -1.99. The van der Waals surface area contributed by atoms with Crippen molar-refractivity contribution in [3.05, 3.63) is 0 Å². The highest BCUT2D eigenvalue weighted by molar-refractivity contribution is 7.86. The zero-order valence-electron chi connectivity index (χ0n) is 6.15. The molecule has 1 rings (SSSR count). The molecule has 5 nitrogen and oxygen atoms in total. The molecule has 1 aliphatic rings. The fraction of sp³-hybridized carbons (Fsp3) is 1.00. The molecule has 66 valence electrons. The minimum atomic E-state index is -3.47. The fourth-order valence-corrected chi connectivity index (χ4v) is 0.688. The molecule has 0 radical (unpaired) electrons. The molecule has 0 aromatic heterocycles. The van der Waals surface area contributed by atoms with Crippen molar-refractivity contribution in [2.75, 3.05) is 19.0 Å². The van der Waals surface area contributed by atoms with Crippen molar-refractivity contribution >= 4 is 10.1 Å². The van der Waals surface area contributed by atoms with E-state index in [2.05, 4.69) is 9.22 Å². The molecular weight excluding hydrogens is 172 g/mol. The van der Waals surface area contributed by atoms with Crippen LogP contribution in [0.3, 0.4) is 0 Å². The van der Waals surface area contributed by atoms with Crippen LogP contribution >= 0.6 is 0 Å². The van der Waals surface area contributed by atoms with Gasteiger partial charge in [-0.05, 0) is 6.92 Å². The van der Waals surface area contributed by atoms with E-state index in [4.69, 9.17) is 4.74 Å². The molecule has 0 spiro atoms. The van der Waals surface area contributed by atoms with Crippen LogP contribution in [0.1, 0.15) is 6.92 Å². The van der Waals surface area contributed by atoms with Gasteiger partial charge in [-0.3, -0.25) is 0 Å². The topological polar surface area (TPSA) is 65.1 Å². The van der Waals surface area contributed by atoms with Crippen molar-refractivity contribution in [3.63, 3.8) is 0 Å². The Morgan fingerprint density at radius 3 is 2.73 bits per heavy atom. The maximum atomic E-state index is 10.6. The second kappa shape index (κ2) is 3.48. The molecule has 0 aromatic carbocycles. The first-order valence-electron chi connectivity index (χ1n) is 3.29. The van der Waals surface area contributed by atoms with Gasteiger partial charge in [0.1, 0.15) is 12.7 Å². The molecule has 1 atom stereocenters. The summed E-state index contributed by atoms with van der Waals surface area (Å²) in [5.41, 5.74) is 0. The zero-order valence-corrected chi connectivity index (χ0v) is 6.96. The van der Waals surface area contributed by atoms with E-state index in [1.54, 1.807) is 0 Å². The average molecular weight is 182 g/mol. The van der Waals surface area contributed by atoms with Crippen molar-refractivity contribution in [1.82, 2.24) is 0 Å². The second-order valence-corrected chi connectivity index (χ2v) is 3.98. The van der Waals surface area contributed by atoms with Crippen LogP contribution in [-0.2, 0) is 24.1 Å². The summed E-state index contributed by atoms with van der Waals surface area (Å²) < 4.78 is 30.1. The smallest absolute Gasteiger partial charge is 0.293 e. The Morgan fingerprint density at radius 1 is 1.64 bits per heavy atom. The number of hydrogen-bond acceptors (Lipinski definition) is 5. The first-order chi connectivity index (χ1) is 5.14. The summed E-state index contributed by atoms with van der Waals surface area (Å²) in [4.78, 5) is 4.40. The van der Waals surface area contributed by atoms with Crippen LogP contribution in [0.4, 0.5) is 0 Å². The maximum Gasteiger partial charge on any atom is 0.293 e. The Labute approximate surface area is 65.3 Å². The quantitative estimate of drug-likeness (QED) is 0.331. The van der Waals surface area contributed by atoms with Gasteiger partial charge in [0.15, 0.2) is 0 Å². The zero-order chi connectivity index (χ0) is 8.32. The van der Waals surface area contributed by atoms with Crippen LogP contribution in [0, 0.1) is 0 Å². The summed E-state index contributed by atoms with van der Waals surface area (Å²) in [6.07, 6.45) is 0.0158. The monoisotopic (exact) mass is 182 g/mol. The van der Waals surface area contributed by atoms with Crippen LogP contribution in [-0.4, -0.2) is 33.5 Å². The molecule has 1 saturated heterocycles. The predicted molar refractivity (Wildman–Crippen MR) is 36.2 cm³/mol. The second-order valence-electron chi connectivity index (χ2n) is 2.15. The number of rotatable bonds is 5. The van der Waals surface area contributed by atoms with Gasteiger partial charge < -0.3 is 4.74 Å². The summed E-state index contributed by atoms with van der Waals surface area (Å²) in [6.45, 7) is 2.28. The third-order valence-corrected chi connectivity index (χ3v) is 2.17. The summed E-state index contributed by atoms with van der Waals surface area (Å²) >= 11 is 0. The number of epoxide rings is 1. The van der Waals surface area contributed by atoms with Crippen molar-refractivity contribution in [2.45, 2.75) is 13.0 Å². The van der Waals surface area contributed by atoms with Crippen molar-refractivity contribution in [1.29, 1.82) is 0 Å². The van der Waals surface area contributed by atoms with Crippen molar-refractivity contribution in [3.8, 4) is 0 Å². The highest BCUT2D eigenvalue weighted by Gasteiger charge is 2.24. The standard InChI is InChI=1S/C5H10O5S/c1-2-11(6,7)10-9-4-5-3-8-5/h5H,2-4H2,1H3. The highest BCUT2D eigenvalue weighted by atomic mass is 32.2. The summed E-state index contributed by atoms with van der Waals surface area (Å²) in [5.74, 6) is -0.0848. The van der Waals surface area contributed by atoms with Gasteiger partial charge in [0.2, 0.25) is 0 Å². The van der Waals surface area contributed by atoms with Gasteiger partial charge >= 0.3 is 0 Å². The van der Waals surface area contributed by atoms with E-state index in [1.807, 2.05) is 0 Å². The number of hydrogen-bond donors (Lipinski definition) is 0. The van der Waals surface area contributed by atoms with Crippen LogP contribution in [0.15, 0.2) is 0 Å². The first-order valence-corrected chi connectivity index (χ1v) is 4.87. The van der Waals surface area contributed by atoms with E-state index in [9.17, 15) is 8.42 Å². The molecule has 0 saturated carbocycles. The molecule has 0 amide bonds. The van der Waals surface area contributed by atoms with Gasteiger partial charge in [0.25, 0.3) is 10.1 Å². The molecule has 0 N–H and O–H groups in total. The van der Waals surface area contributed by atoms with Crippen molar-refractivity contribution < 1.29 is 22.4 Å². The third kappa shape index (κ3) is 3.66. The van der Waals surface area contributed by atoms with Gasteiger partial charge in [-0.1, -0.05) is 0 Å². The molecule has 1 fully saturated rings. The van der Waals surface area contributed by atoms with Gasteiger partial charge in [0.05, 0.1) is 12.4 Å². The van der Waals surface area contributed by atoms with Crippen LogP contribution < -0.4 is 0 Å². The normalized spacial score (nSPS) is 23.5. The third-order valence-electron chi connectivity index (χ3n) is 1.16. The average Bonchev–Trinajstić information content (AvgIpc) is 2.71. The lowest BCUT2D eigenvalue weighted by Crippen LogP contribution is -2.11. The fourth-order valence-electron chi connectivity index (χ4n) is 0.389. The molecule has 1 aliphatic heterocycles. The van der Waals surface area contributed by atoms with E-state index >= 15 is 0 Å². The van der Waals surface area contributed by atoms with Crippen LogP contribution in [0.5, 0.6) is 0 Å². The van der Waals surface area contributed by atoms with Gasteiger partial charge in [-0.25, -0.2) is 4.89 Å². The van der Waals surface area contributed by atoms with Gasteiger partial charge in [-0.15, -0.1) is 4.33 Å². The first kappa shape index (κ1) is 8.92.